The van der Waals surface area contributed by atoms with E-state index in [2.05, 4.69) is 4.90 Å². The van der Waals surface area contributed by atoms with Crippen LogP contribution in [0, 0.1) is 17.7 Å². The standard InChI is InChI=1S/C26H26ClF4NO3/c27-19-7-4-16(5-8-19)15-32-11-2-1-3-17(10-12-32)24(34)21-14-23(33)35-25(21)20-9-6-18(13-22(20)28)26(29,30)31/h4-9,13,17,21,25H,1-3,10-12,14-15H2/t17?,21-,25-/m1/s1. The number of esters is 1. The molecule has 2 aliphatic rings. The Morgan fingerprint density at radius 1 is 1.06 bits per heavy atom. The molecule has 0 amide bonds. The molecule has 2 fully saturated rings. The van der Waals surface area contributed by atoms with Gasteiger partial charge in [-0.05, 0) is 62.2 Å². The molecule has 4 nitrogen and oxygen atoms in total. The number of rotatable bonds is 5. The van der Waals surface area contributed by atoms with Gasteiger partial charge in [0, 0.05) is 23.0 Å². The SMILES string of the molecule is O=C1C[C@H](C(=O)C2CCCCN(Cc3ccc(Cl)cc3)CC2)[C@@H](c2ccc(C(F)(F)F)cc2F)O1. The molecule has 35 heavy (non-hydrogen) atoms. The van der Waals surface area contributed by atoms with E-state index >= 15 is 0 Å². The summed E-state index contributed by atoms with van der Waals surface area (Å²) in [6.45, 7) is 2.30. The lowest BCUT2D eigenvalue weighted by Crippen LogP contribution is -2.33. The summed E-state index contributed by atoms with van der Waals surface area (Å²) in [7, 11) is 0. The molecule has 4 rings (SSSR count). The van der Waals surface area contributed by atoms with E-state index < -0.39 is 35.5 Å². The van der Waals surface area contributed by atoms with Gasteiger partial charge in [0.05, 0.1) is 17.9 Å². The highest BCUT2D eigenvalue weighted by atomic mass is 35.5. The molecular weight excluding hydrogens is 486 g/mol. The van der Waals surface area contributed by atoms with Crippen LogP contribution < -0.4 is 0 Å². The second-order valence-electron chi connectivity index (χ2n) is 9.24. The van der Waals surface area contributed by atoms with E-state index in [9.17, 15) is 27.2 Å². The summed E-state index contributed by atoms with van der Waals surface area (Å²) in [5.74, 6) is -3.22. The van der Waals surface area contributed by atoms with Crippen molar-refractivity contribution < 1.29 is 31.9 Å². The van der Waals surface area contributed by atoms with E-state index in [1.54, 1.807) is 0 Å². The zero-order valence-electron chi connectivity index (χ0n) is 19.0. The maximum absolute atomic E-state index is 14.6. The smallest absolute Gasteiger partial charge is 0.416 e. The zero-order valence-corrected chi connectivity index (χ0v) is 19.7. The Hall–Kier alpha value is -2.45. The maximum Gasteiger partial charge on any atom is 0.416 e. The van der Waals surface area contributed by atoms with Gasteiger partial charge < -0.3 is 4.74 Å². The third kappa shape index (κ3) is 6.22. The molecule has 3 atom stereocenters. The summed E-state index contributed by atoms with van der Waals surface area (Å²) < 4.78 is 58.7. The van der Waals surface area contributed by atoms with Crippen LogP contribution in [0.25, 0.3) is 0 Å². The second-order valence-corrected chi connectivity index (χ2v) is 9.68. The van der Waals surface area contributed by atoms with Gasteiger partial charge >= 0.3 is 12.1 Å². The van der Waals surface area contributed by atoms with E-state index in [0.29, 0.717) is 30.5 Å². The molecule has 2 saturated heterocycles. The fourth-order valence-electron chi connectivity index (χ4n) is 4.94. The molecule has 2 aromatic carbocycles. The molecule has 2 heterocycles. The third-order valence-electron chi connectivity index (χ3n) is 6.80. The van der Waals surface area contributed by atoms with Gasteiger partial charge in [-0.15, -0.1) is 0 Å². The fourth-order valence-corrected chi connectivity index (χ4v) is 5.06. The number of alkyl halides is 3. The Balaban J connectivity index is 1.46. The van der Waals surface area contributed by atoms with Gasteiger partial charge in [0.1, 0.15) is 17.7 Å². The van der Waals surface area contributed by atoms with Crippen molar-refractivity contribution in [1.29, 1.82) is 0 Å². The van der Waals surface area contributed by atoms with Gasteiger partial charge in [-0.2, -0.15) is 13.2 Å². The van der Waals surface area contributed by atoms with Gasteiger partial charge in [0.25, 0.3) is 0 Å². The number of hydrogen-bond donors (Lipinski definition) is 0. The van der Waals surface area contributed by atoms with E-state index in [-0.39, 0.29) is 23.7 Å². The van der Waals surface area contributed by atoms with Gasteiger partial charge in [-0.1, -0.05) is 36.2 Å². The largest absolute Gasteiger partial charge is 0.457 e. The predicted molar refractivity (Wildman–Crippen MR) is 122 cm³/mol. The average Bonchev–Trinajstić information content (AvgIpc) is 3.17. The maximum atomic E-state index is 14.6. The Morgan fingerprint density at radius 2 is 1.80 bits per heavy atom. The Bertz CT molecular complexity index is 1070. The van der Waals surface area contributed by atoms with Gasteiger partial charge in [-0.3, -0.25) is 14.5 Å². The van der Waals surface area contributed by atoms with Crippen LogP contribution in [0.5, 0.6) is 0 Å². The van der Waals surface area contributed by atoms with Crippen LogP contribution in [0.4, 0.5) is 17.6 Å². The summed E-state index contributed by atoms with van der Waals surface area (Å²) in [5, 5.41) is 0.666. The van der Waals surface area contributed by atoms with Crippen molar-refractivity contribution in [2.75, 3.05) is 13.1 Å². The molecule has 9 heteroatoms. The second kappa shape index (κ2) is 10.7. The number of cyclic esters (lactones) is 1. The fraction of sp³-hybridized carbons (Fsp3) is 0.462. The lowest BCUT2D eigenvalue weighted by atomic mass is 9.81. The number of Topliss-reactive ketones (excluding diaryl/α,β-unsaturated/α-hetero) is 1. The molecule has 0 aromatic heterocycles. The van der Waals surface area contributed by atoms with Crippen molar-refractivity contribution in [2.24, 2.45) is 11.8 Å². The number of carbonyl (C=O) groups is 2. The molecule has 0 bridgehead atoms. The van der Waals surface area contributed by atoms with Crippen LogP contribution in [0.3, 0.4) is 0 Å². The minimum absolute atomic E-state index is 0.187. The topological polar surface area (TPSA) is 46.6 Å². The molecule has 0 radical (unpaired) electrons. The first-order valence-corrected chi connectivity index (χ1v) is 12.1. The summed E-state index contributed by atoms with van der Waals surface area (Å²) in [5.41, 5.74) is -0.213. The molecule has 0 aliphatic carbocycles. The molecule has 0 N–H and O–H groups in total. The molecule has 2 aromatic rings. The number of hydrogen-bond acceptors (Lipinski definition) is 4. The normalized spacial score (nSPS) is 24.0. The lowest BCUT2D eigenvalue weighted by molar-refractivity contribution is -0.142. The van der Waals surface area contributed by atoms with Gasteiger partial charge in [0.15, 0.2) is 0 Å². The van der Waals surface area contributed by atoms with Gasteiger partial charge in [-0.25, -0.2) is 4.39 Å². The van der Waals surface area contributed by atoms with Crippen LogP contribution in [0.2, 0.25) is 5.02 Å². The Labute approximate surface area is 206 Å². The quantitative estimate of drug-likeness (QED) is 0.346. The third-order valence-corrected chi connectivity index (χ3v) is 7.05. The molecule has 0 spiro atoms. The van der Waals surface area contributed by atoms with Crippen LogP contribution in [0.15, 0.2) is 42.5 Å². The van der Waals surface area contributed by atoms with Crippen molar-refractivity contribution in [3.05, 3.63) is 70.0 Å². The van der Waals surface area contributed by atoms with Gasteiger partial charge in [0.2, 0.25) is 0 Å². The molecule has 1 unspecified atom stereocenters. The number of benzene rings is 2. The summed E-state index contributed by atoms with van der Waals surface area (Å²) in [4.78, 5) is 27.8. The predicted octanol–water partition coefficient (Wildman–Crippen LogP) is 6.36. The van der Waals surface area contributed by atoms with E-state index in [4.69, 9.17) is 16.3 Å². The van der Waals surface area contributed by atoms with Crippen LogP contribution in [-0.2, 0) is 27.0 Å². The van der Waals surface area contributed by atoms with E-state index in [1.807, 2.05) is 24.3 Å². The van der Waals surface area contributed by atoms with Crippen molar-refractivity contribution >= 4 is 23.4 Å². The summed E-state index contributed by atoms with van der Waals surface area (Å²) in [6, 6.07) is 9.70. The number of halogens is 5. The number of ketones is 1. The van der Waals surface area contributed by atoms with Crippen molar-refractivity contribution in [3.8, 4) is 0 Å². The minimum atomic E-state index is -4.70. The summed E-state index contributed by atoms with van der Waals surface area (Å²) in [6.07, 6.45) is -3.14. The number of carbonyl (C=O) groups excluding carboxylic acids is 2. The average molecular weight is 512 g/mol. The Kier molecular flexibility index (Phi) is 7.81. The summed E-state index contributed by atoms with van der Waals surface area (Å²) >= 11 is 5.96. The van der Waals surface area contributed by atoms with Crippen LogP contribution in [-0.4, -0.2) is 29.7 Å². The first-order chi connectivity index (χ1) is 16.6. The zero-order chi connectivity index (χ0) is 25.2. The first kappa shape index (κ1) is 25.6. The Morgan fingerprint density at radius 3 is 2.49 bits per heavy atom. The monoisotopic (exact) mass is 511 g/mol. The lowest BCUT2D eigenvalue weighted by Gasteiger charge is -2.29. The number of ether oxygens (including phenoxy) is 1. The van der Waals surface area contributed by atoms with Crippen LogP contribution >= 0.6 is 11.6 Å². The van der Waals surface area contributed by atoms with Crippen molar-refractivity contribution in [3.63, 3.8) is 0 Å². The highest BCUT2D eigenvalue weighted by Crippen LogP contribution is 2.41. The van der Waals surface area contributed by atoms with Crippen molar-refractivity contribution in [1.82, 2.24) is 4.90 Å². The molecule has 188 valence electrons. The van der Waals surface area contributed by atoms with Crippen molar-refractivity contribution in [2.45, 2.75) is 50.9 Å². The highest BCUT2D eigenvalue weighted by Gasteiger charge is 2.44. The highest BCUT2D eigenvalue weighted by molar-refractivity contribution is 6.30. The number of likely N-dealkylation sites (tertiary alicyclic amines) is 1. The van der Waals surface area contributed by atoms with E-state index in [0.717, 1.165) is 43.6 Å². The van der Waals surface area contributed by atoms with Crippen LogP contribution in [0.1, 0.15) is 54.9 Å². The van der Waals surface area contributed by atoms with E-state index in [1.165, 1.54) is 0 Å². The molecule has 2 aliphatic heterocycles. The molecular formula is C26H26ClF4NO3. The first-order valence-electron chi connectivity index (χ1n) is 11.7. The minimum Gasteiger partial charge on any atom is -0.457 e. The number of nitrogens with zero attached hydrogens (tertiary/aromatic N) is 1. The molecule has 0 saturated carbocycles.